The van der Waals surface area contributed by atoms with Crippen LogP contribution in [0.2, 0.25) is 0 Å². The van der Waals surface area contributed by atoms with Crippen LogP contribution in [-0.4, -0.2) is 57.1 Å². The molecule has 11 atom stereocenters. The number of hydrogen-bond donors (Lipinski definition) is 5. The van der Waals surface area contributed by atoms with Crippen LogP contribution in [0.4, 0.5) is 0 Å². The minimum atomic E-state index is -0.332. The Morgan fingerprint density at radius 3 is 2.28 bits per heavy atom. The molecular formula is C27H48O5. The molecule has 0 aliphatic heterocycles. The first-order chi connectivity index (χ1) is 15.2. The minimum absolute atomic E-state index is 0.0183. The van der Waals surface area contributed by atoms with Gasteiger partial charge in [0, 0.05) is 19.1 Å². The van der Waals surface area contributed by atoms with E-state index in [1.54, 1.807) is 0 Å². The van der Waals surface area contributed by atoms with Gasteiger partial charge < -0.3 is 25.5 Å². The molecule has 0 aromatic heterocycles. The largest absolute Gasteiger partial charge is 0.396 e. The van der Waals surface area contributed by atoms with Gasteiger partial charge >= 0.3 is 0 Å². The molecule has 4 saturated carbocycles. The van der Waals surface area contributed by atoms with Gasteiger partial charge in [0.1, 0.15) is 0 Å². The lowest BCUT2D eigenvalue weighted by molar-refractivity contribution is -0.207. The van der Waals surface area contributed by atoms with E-state index in [0.29, 0.717) is 29.6 Å². The monoisotopic (exact) mass is 452 g/mol. The standard InChI is InChI=1S/C27H48O5/c1-16(5-4-6-17(14-28)15-29)20-7-8-21-25-22(13-24(32)27(20,21)3)26(2)10-9-19(30)11-18(26)12-23(25)31/h16-25,28-32H,4-15H2,1-3H3/t16-,18?,19-,20-,21+,22+,23-,24+,25+,26+,27-/m1/s1. The highest BCUT2D eigenvalue weighted by Gasteiger charge is 2.65. The summed E-state index contributed by atoms with van der Waals surface area (Å²) < 4.78 is 0. The van der Waals surface area contributed by atoms with E-state index in [9.17, 15) is 25.5 Å². The molecule has 0 aromatic carbocycles. The van der Waals surface area contributed by atoms with Crippen molar-refractivity contribution in [2.24, 2.45) is 52.3 Å². The lowest BCUT2D eigenvalue weighted by atomic mass is 9.43. The molecule has 4 aliphatic rings. The molecule has 0 saturated heterocycles. The van der Waals surface area contributed by atoms with E-state index in [0.717, 1.165) is 64.2 Å². The van der Waals surface area contributed by atoms with Crippen LogP contribution in [0, 0.1) is 52.3 Å². The Bertz CT molecular complexity index is 638. The zero-order valence-corrected chi connectivity index (χ0v) is 20.5. The molecule has 5 nitrogen and oxygen atoms in total. The lowest BCUT2D eigenvalue weighted by Gasteiger charge is -2.63. The van der Waals surface area contributed by atoms with E-state index in [4.69, 9.17) is 0 Å². The van der Waals surface area contributed by atoms with Gasteiger partial charge in [-0.25, -0.2) is 0 Å². The SMILES string of the molecule is C[C@H](CCCC(CO)CO)[C@H]1CC[C@H]2[C@@H]3[C@H](O)CC4C[C@H](O)CC[C@]4(C)[C@H]3C[C@H](O)[C@]12C. The second kappa shape index (κ2) is 9.45. The fourth-order valence-corrected chi connectivity index (χ4v) is 9.30. The van der Waals surface area contributed by atoms with E-state index in [1.807, 2.05) is 0 Å². The Labute approximate surface area is 194 Å². The Hall–Kier alpha value is -0.200. The molecule has 0 heterocycles. The molecule has 4 rings (SSSR count). The third-order valence-electron chi connectivity index (χ3n) is 11.3. The molecule has 0 aromatic rings. The second-order valence-corrected chi connectivity index (χ2v) is 12.7. The second-order valence-electron chi connectivity index (χ2n) is 12.7. The average molecular weight is 453 g/mol. The molecule has 5 heteroatoms. The molecule has 186 valence electrons. The van der Waals surface area contributed by atoms with E-state index in [2.05, 4.69) is 20.8 Å². The van der Waals surface area contributed by atoms with Gasteiger partial charge in [-0.1, -0.05) is 33.6 Å². The molecule has 1 unspecified atom stereocenters. The first-order valence-electron chi connectivity index (χ1n) is 13.4. The van der Waals surface area contributed by atoms with Crippen molar-refractivity contribution in [1.82, 2.24) is 0 Å². The molecule has 0 radical (unpaired) electrons. The predicted octanol–water partition coefficient (Wildman–Crippen LogP) is 3.36. The van der Waals surface area contributed by atoms with Crippen LogP contribution in [0.3, 0.4) is 0 Å². The summed E-state index contributed by atoms with van der Waals surface area (Å²) in [7, 11) is 0. The number of fused-ring (bicyclic) bond motifs is 5. The molecule has 0 bridgehead atoms. The van der Waals surface area contributed by atoms with E-state index < -0.39 is 0 Å². The third-order valence-corrected chi connectivity index (χ3v) is 11.3. The molecule has 4 fully saturated rings. The molecular weight excluding hydrogens is 404 g/mol. The maximum Gasteiger partial charge on any atom is 0.0602 e. The summed E-state index contributed by atoms with van der Waals surface area (Å²) in [5, 5.41) is 52.0. The van der Waals surface area contributed by atoms with Crippen molar-refractivity contribution in [1.29, 1.82) is 0 Å². The summed E-state index contributed by atoms with van der Waals surface area (Å²) in [5.41, 5.74) is -0.0228. The molecule has 5 N–H and O–H groups in total. The summed E-state index contributed by atoms with van der Waals surface area (Å²) in [4.78, 5) is 0. The first-order valence-corrected chi connectivity index (χ1v) is 13.4. The van der Waals surface area contributed by atoms with Crippen molar-refractivity contribution in [3.8, 4) is 0 Å². The Balaban J connectivity index is 1.50. The zero-order valence-electron chi connectivity index (χ0n) is 20.5. The van der Waals surface area contributed by atoms with Crippen molar-refractivity contribution >= 4 is 0 Å². The van der Waals surface area contributed by atoms with Crippen molar-refractivity contribution in [3.05, 3.63) is 0 Å². The van der Waals surface area contributed by atoms with Crippen LogP contribution >= 0.6 is 0 Å². The molecule has 0 amide bonds. The van der Waals surface area contributed by atoms with Gasteiger partial charge in [0.2, 0.25) is 0 Å². The highest BCUT2D eigenvalue weighted by atomic mass is 16.3. The smallest absolute Gasteiger partial charge is 0.0602 e. The maximum absolute atomic E-state index is 11.6. The highest BCUT2D eigenvalue weighted by molar-refractivity contribution is 5.14. The number of hydrogen-bond acceptors (Lipinski definition) is 5. The first kappa shape index (κ1) is 24.9. The van der Waals surface area contributed by atoms with Gasteiger partial charge in [-0.05, 0) is 97.7 Å². The molecule has 0 spiro atoms. The van der Waals surface area contributed by atoms with Crippen LogP contribution in [-0.2, 0) is 0 Å². The molecule has 4 aliphatic carbocycles. The van der Waals surface area contributed by atoms with E-state index in [1.165, 1.54) is 0 Å². The fraction of sp³-hybridized carbons (Fsp3) is 1.00. The van der Waals surface area contributed by atoms with Crippen molar-refractivity contribution in [2.75, 3.05) is 13.2 Å². The zero-order chi connectivity index (χ0) is 23.3. The summed E-state index contributed by atoms with van der Waals surface area (Å²) in [6.45, 7) is 7.11. The quantitative estimate of drug-likeness (QED) is 0.408. The number of aliphatic hydroxyl groups is 5. The van der Waals surface area contributed by atoms with Gasteiger partial charge in [0.15, 0.2) is 0 Å². The van der Waals surface area contributed by atoms with E-state index in [-0.39, 0.29) is 54.2 Å². The molecule has 32 heavy (non-hydrogen) atoms. The van der Waals surface area contributed by atoms with Gasteiger partial charge in [-0.3, -0.25) is 0 Å². The summed E-state index contributed by atoms with van der Waals surface area (Å²) in [5.74, 6) is 2.27. The van der Waals surface area contributed by atoms with E-state index >= 15 is 0 Å². The Morgan fingerprint density at radius 1 is 0.875 bits per heavy atom. The predicted molar refractivity (Wildman–Crippen MR) is 125 cm³/mol. The van der Waals surface area contributed by atoms with Gasteiger partial charge in [0.05, 0.1) is 18.3 Å². The topological polar surface area (TPSA) is 101 Å². The minimum Gasteiger partial charge on any atom is -0.396 e. The highest BCUT2D eigenvalue weighted by Crippen LogP contribution is 2.68. The van der Waals surface area contributed by atoms with Crippen LogP contribution < -0.4 is 0 Å². The van der Waals surface area contributed by atoms with Gasteiger partial charge in [0.25, 0.3) is 0 Å². The summed E-state index contributed by atoms with van der Waals surface area (Å²) in [6, 6.07) is 0. The van der Waals surface area contributed by atoms with Crippen molar-refractivity contribution < 1.29 is 25.5 Å². The summed E-state index contributed by atoms with van der Waals surface area (Å²) in [6.07, 6.45) is 8.51. The Morgan fingerprint density at radius 2 is 1.59 bits per heavy atom. The normalized spacial score (nSPS) is 49.4. The number of rotatable bonds is 7. The maximum atomic E-state index is 11.6. The van der Waals surface area contributed by atoms with Crippen LogP contribution in [0.25, 0.3) is 0 Å². The third kappa shape index (κ3) is 3.98. The van der Waals surface area contributed by atoms with Crippen LogP contribution in [0.15, 0.2) is 0 Å². The lowest BCUT2D eigenvalue weighted by Crippen LogP contribution is -2.62. The van der Waals surface area contributed by atoms with Crippen LogP contribution in [0.1, 0.15) is 85.0 Å². The number of aliphatic hydroxyl groups excluding tert-OH is 5. The van der Waals surface area contributed by atoms with Crippen molar-refractivity contribution in [3.63, 3.8) is 0 Å². The summed E-state index contributed by atoms with van der Waals surface area (Å²) >= 11 is 0. The van der Waals surface area contributed by atoms with Crippen LogP contribution in [0.5, 0.6) is 0 Å². The average Bonchev–Trinajstić information content (AvgIpc) is 3.12. The van der Waals surface area contributed by atoms with Gasteiger partial charge in [-0.15, -0.1) is 0 Å². The fourth-order valence-electron chi connectivity index (χ4n) is 9.30. The Kier molecular flexibility index (Phi) is 7.36. The van der Waals surface area contributed by atoms with Crippen molar-refractivity contribution in [2.45, 2.75) is 103 Å². The van der Waals surface area contributed by atoms with Gasteiger partial charge in [-0.2, -0.15) is 0 Å².